The lowest BCUT2D eigenvalue weighted by Gasteiger charge is -2.11. The van der Waals surface area contributed by atoms with E-state index in [2.05, 4.69) is 26.7 Å². The van der Waals surface area contributed by atoms with E-state index in [9.17, 15) is 0 Å². The molecule has 2 N–H and O–H groups in total. The summed E-state index contributed by atoms with van der Waals surface area (Å²) < 4.78 is 0. The maximum absolute atomic E-state index is 8.97. The number of benzene rings is 1. The zero-order valence-electron chi connectivity index (χ0n) is 11.6. The molecule has 0 unspecified atom stereocenters. The Kier molecular flexibility index (Phi) is 4.43. The minimum absolute atomic E-state index is 0.617. The highest BCUT2D eigenvalue weighted by atomic mass is 32.2. The fraction of sp³-hybridized carbons (Fsp3) is 0.214. The van der Waals surface area contributed by atoms with Crippen LogP contribution in [0.5, 0.6) is 0 Å². The van der Waals surface area contributed by atoms with Gasteiger partial charge < -0.3 is 10.6 Å². The highest BCUT2D eigenvalue weighted by molar-refractivity contribution is 7.98. The Bertz CT molecular complexity index is 641. The molecule has 0 atom stereocenters. The topological polar surface area (TPSA) is 73.6 Å². The van der Waals surface area contributed by atoms with Gasteiger partial charge in [-0.3, -0.25) is 0 Å². The average molecular weight is 285 g/mol. The van der Waals surface area contributed by atoms with Crippen LogP contribution in [0.3, 0.4) is 0 Å². The second-order valence-electron chi connectivity index (χ2n) is 4.14. The lowest BCUT2D eigenvalue weighted by Crippen LogP contribution is -2.01. The van der Waals surface area contributed by atoms with Crippen LogP contribution in [-0.2, 0) is 0 Å². The third-order valence-electron chi connectivity index (χ3n) is 2.77. The summed E-state index contributed by atoms with van der Waals surface area (Å²) >= 11 is 1.48. The van der Waals surface area contributed by atoms with Crippen molar-refractivity contribution in [3.63, 3.8) is 0 Å². The monoisotopic (exact) mass is 285 g/mol. The molecular formula is C14H15N5S. The molecule has 1 aromatic heterocycles. The van der Waals surface area contributed by atoms with Gasteiger partial charge in [0.05, 0.1) is 11.6 Å². The SMILES string of the molecule is CNc1cc(Nc2cc(C#N)ccc2C)nc(SC)n1. The predicted octanol–water partition coefficient (Wildman–Crippen LogP) is 3.16. The molecular weight excluding hydrogens is 270 g/mol. The summed E-state index contributed by atoms with van der Waals surface area (Å²) in [6.07, 6.45) is 1.93. The molecule has 0 radical (unpaired) electrons. The van der Waals surface area contributed by atoms with E-state index in [0.717, 1.165) is 17.1 Å². The highest BCUT2D eigenvalue weighted by Crippen LogP contribution is 2.23. The molecule has 20 heavy (non-hydrogen) atoms. The van der Waals surface area contributed by atoms with Crippen LogP contribution in [0.15, 0.2) is 29.4 Å². The van der Waals surface area contributed by atoms with Gasteiger partial charge in [-0.05, 0) is 30.9 Å². The van der Waals surface area contributed by atoms with Crippen molar-refractivity contribution in [2.24, 2.45) is 0 Å². The van der Waals surface area contributed by atoms with Crippen molar-refractivity contribution in [3.05, 3.63) is 35.4 Å². The number of rotatable bonds is 4. The highest BCUT2D eigenvalue weighted by Gasteiger charge is 2.06. The fourth-order valence-electron chi connectivity index (χ4n) is 1.67. The Morgan fingerprint density at radius 1 is 1.20 bits per heavy atom. The zero-order chi connectivity index (χ0) is 14.5. The maximum atomic E-state index is 8.97. The number of aromatic nitrogens is 2. The number of nitriles is 1. The van der Waals surface area contributed by atoms with Crippen LogP contribution in [0.2, 0.25) is 0 Å². The summed E-state index contributed by atoms with van der Waals surface area (Å²) in [7, 11) is 1.82. The standard InChI is InChI=1S/C14H15N5S/c1-9-4-5-10(8-15)6-11(9)17-13-7-12(16-2)18-14(19-13)20-3/h4-7H,1-3H3,(H2,16,17,18,19). The lowest BCUT2D eigenvalue weighted by molar-refractivity contribution is 0.977. The molecule has 0 saturated heterocycles. The first-order valence-corrected chi connectivity index (χ1v) is 7.27. The minimum Gasteiger partial charge on any atom is -0.373 e. The van der Waals surface area contributed by atoms with Crippen LogP contribution in [0.25, 0.3) is 0 Å². The Hall–Kier alpha value is -2.26. The van der Waals surface area contributed by atoms with E-state index in [4.69, 9.17) is 5.26 Å². The number of nitrogens with zero attached hydrogens (tertiary/aromatic N) is 3. The molecule has 2 aromatic rings. The minimum atomic E-state index is 0.617. The second-order valence-corrected chi connectivity index (χ2v) is 4.92. The van der Waals surface area contributed by atoms with Crippen LogP contribution in [0.4, 0.5) is 17.3 Å². The van der Waals surface area contributed by atoms with Crippen LogP contribution in [0.1, 0.15) is 11.1 Å². The molecule has 2 rings (SSSR count). The van der Waals surface area contributed by atoms with Gasteiger partial charge in [0.15, 0.2) is 5.16 Å². The Morgan fingerprint density at radius 2 is 1.95 bits per heavy atom. The van der Waals surface area contributed by atoms with Crippen molar-refractivity contribution in [3.8, 4) is 6.07 Å². The number of hydrogen-bond donors (Lipinski definition) is 2. The molecule has 1 aromatic carbocycles. The van der Waals surface area contributed by atoms with Gasteiger partial charge in [-0.25, -0.2) is 9.97 Å². The van der Waals surface area contributed by atoms with E-state index in [1.165, 1.54) is 11.8 Å². The van der Waals surface area contributed by atoms with Gasteiger partial charge in [0.2, 0.25) is 0 Å². The zero-order valence-corrected chi connectivity index (χ0v) is 12.4. The van der Waals surface area contributed by atoms with Crippen molar-refractivity contribution < 1.29 is 0 Å². The van der Waals surface area contributed by atoms with Crippen molar-refractivity contribution in [1.82, 2.24) is 9.97 Å². The Balaban J connectivity index is 2.36. The molecule has 0 spiro atoms. The molecule has 102 valence electrons. The van der Waals surface area contributed by atoms with Gasteiger partial charge in [-0.2, -0.15) is 5.26 Å². The molecule has 0 bridgehead atoms. The second kappa shape index (κ2) is 6.26. The van der Waals surface area contributed by atoms with Gasteiger partial charge >= 0.3 is 0 Å². The third-order valence-corrected chi connectivity index (χ3v) is 3.32. The van der Waals surface area contributed by atoms with Gasteiger partial charge in [0.1, 0.15) is 11.6 Å². The molecule has 5 nitrogen and oxygen atoms in total. The first kappa shape index (κ1) is 14.2. The Morgan fingerprint density at radius 3 is 2.60 bits per heavy atom. The van der Waals surface area contributed by atoms with E-state index in [-0.39, 0.29) is 0 Å². The van der Waals surface area contributed by atoms with Gasteiger partial charge in [0, 0.05) is 18.8 Å². The number of anilines is 3. The summed E-state index contributed by atoms with van der Waals surface area (Å²) in [6, 6.07) is 9.49. The van der Waals surface area contributed by atoms with E-state index >= 15 is 0 Å². The largest absolute Gasteiger partial charge is 0.373 e. The van der Waals surface area contributed by atoms with Gasteiger partial charge in [-0.1, -0.05) is 17.8 Å². The van der Waals surface area contributed by atoms with Crippen molar-refractivity contribution in [2.45, 2.75) is 12.1 Å². The third kappa shape index (κ3) is 3.19. The molecule has 0 aliphatic heterocycles. The van der Waals surface area contributed by atoms with Crippen LogP contribution < -0.4 is 10.6 Å². The van der Waals surface area contributed by atoms with E-state index in [1.54, 1.807) is 6.07 Å². The number of hydrogen-bond acceptors (Lipinski definition) is 6. The summed E-state index contributed by atoms with van der Waals surface area (Å²) in [5.41, 5.74) is 2.54. The number of aryl methyl sites for hydroxylation is 1. The summed E-state index contributed by atoms with van der Waals surface area (Å²) in [6.45, 7) is 1.99. The maximum Gasteiger partial charge on any atom is 0.191 e. The number of thioether (sulfide) groups is 1. The molecule has 6 heteroatoms. The van der Waals surface area contributed by atoms with Crippen molar-refractivity contribution in [1.29, 1.82) is 5.26 Å². The molecule has 0 fully saturated rings. The number of nitrogens with one attached hydrogen (secondary N) is 2. The summed E-state index contributed by atoms with van der Waals surface area (Å²) in [5, 5.41) is 15.9. The van der Waals surface area contributed by atoms with Crippen molar-refractivity contribution in [2.75, 3.05) is 23.9 Å². The normalized spacial score (nSPS) is 9.90. The quantitative estimate of drug-likeness (QED) is 0.664. The van der Waals surface area contributed by atoms with Crippen LogP contribution in [0, 0.1) is 18.3 Å². The van der Waals surface area contributed by atoms with Gasteiger partial charge in [-0.15, -0.1) is 0 Å². The van der Waals surface area contributed by atoms with E-state index in [0.29, 0.717) is 16.5 Å². The summed E-state index contributed by atoms with van der Waals surface area (Å²) in [4.78, 5) is 8.73. The lowest BCUT2D eigenvalue weighted by atomic mass is 10.1. The first-order chi connectivity index (χ1) is 9.66. The summed E-state index contributed by atoms with van der Waals surface area (Å²) in [5.74, 6) is 1.45. The smallest absolute Gasteiger partial charge is 0.191 e. The first-order valence-electron chi connectivity index (χ1n) is 6.05. The molecule has 0 saturated carbocycles. The fourth-order valence-corrected chi connectivity index (χ4v) is 2.05. The van der Waals surface area contributed by atoms with Gasteiger partial charge in [0.25, 0.3) is 0 Å². The van der Waals surface area contributed by atoms with E-state index < -0.39 is 0 Å². The van der Waals surface area contributed by atoms with E-state index in [1.807, 2.05) is 38.4 Å². The van der Waals surface area contributed by atoms with Crippen LogP contribution in [-0.4, -0.2) is 23.3 Å². The molecule has 0 aliphatic carbocycles. The average Bonchev–Trinajstić information content (AvgIpc) is 2.49. The molecule has 0 aliphatic rings. The molecule has 0 amide bonds. The predicted molar refractivity (Wildman–Crippen MR) is 82.5 cm³/mol. The van der Waals surface area contributed by atoms with Crippen molar-refractivity contribution >= 4 is 29.1 Å². The Labute approximate surface area is 122 Å². The molecule has 1 heterocycles. The van der Waals surface area contributed by atoms with Crippen LogP contribution >= 0.6 is 11.8 Å².